The van der Waals surface area contributed by atoms with E-state index in [1.807, 2.05) is 12.1 Å². The Bertz CT molecular complexity index is 798. The van der Waals surface area contributed by atoms with Crippen LogP contribution in [0.25, 0.3) is 10.6 Å². The third kappa shape index (κ3) is 5.79. The summed E-state index contributed by atoms with van der Waals surface area (Å²) in [7, 11) is 0. The number of rotatable bonds is 3. The van der Waals surface area contributed by atoms with E-state index < -0.39 is 11.7 Å². The second-order valence-corrected chi connectivity index (χ2v) is 7.46. The van der Waals surface area contributed by atoms with Gasteiger partial charge in [-0.05, 0) is 58.9 Å². The highest BCUT2D eigenvalue weighted by atomic mass is 32.1. The van der Waals surface area contributed by atoms with Gasteiger partial charge in [0.1, 0.15) is 16.3 Å². The van der Waals surface area contributed by atoms with Crippen LogP contribution < -0.4 is 5.32 Å². The molecule has 1 heterocycles. The van der Waals surface area contributed by atoms with Gasteiger partial charge in [-0.2, -0.15) is 0 Å². The Morgan fingerprint density at radius 3 is 2.36 bits per heavy atom. The summed E-state index contributed by atoms with van der Waals surface area (Å²) in [4.78, 5) is 31.9. The van der Waals surface area contributed by atoms with Crippen molar-refractivity contribution in [2.45, 2.75) is 40.2 Å². The number of hydrogen-bond acceptors (Lipinski definition) is 5. The summed E-state index contributed by atoms with van der Waals surface area (Å²) in [6.45, 7) is 8.95. The van der Waals surface area contributed by atoms with Crippen LogP contribution in [0, 0.1) is 0 Å². The SMILES string of the molecule is CC(C)=NC(=O)c1csc(-c2ccc(NC(=O)OC(C)(C)C)cc2)n1. The number of aromatic nitrogens is 1. The Labute approximate surface area is 151 Å². The Balaban J connectivity index is 2.08. The highest BCUT2D eigenvalue weighted by Gasteiger charge is 2.16. The summed E-state index contributed by atoms with van der Waals surface area (Å²) in [5, 5.41) is 5.08. The zero-order valence-corrected chi connectivity index (χ0v) is 15.7. The minimum Gasteiger partial charge on any atom is -0.444 e. The summed E-state index contributed by atoms with van der Waals surface area (Å²) >= 11 is 1.37. The first-order chi connectivity index (χ1) is 11.6. The number of nitrogens with one attached hydrogen (secondary N) is 1. The van der Waals surface area contributed by atoms with E-state index in [1.54, 1.807) is 52.1 Å². The number of thiazole rings is 1. The van der Waals surface area contributed by atoms with Crippen LogP contribution in [0.4, 0.5) is 10.5 Å². The molecule has 2 rings (SSSR count). The van der Waals surface area contributed by atoms with Gasteiger partial charge in [0.25, 0.3) is 5.91 Å². The molecule has 7 heteroatoms. The Hall–Kier alpha value is -2.54. The third-order valence-electron chi connectivity index (χ3n) is 2.83. The fourth-order valence-electron chi connectivity index (χ4n) is 1.88. The minimum atomic E-state index is -0.548. The summed E-state index contributed by atoms with van der Waals surface area (Å²) in [6, 6.07) is 7.18. The zero-order chi connectivity index (χ0) is 18.6. The lowest BCUT2D eigenvalue weighted by atomic mass is 10.2. The molecule has 0 aliphatic heterocycles. The van der Waals surface area contributed by atoms with E-state index >= 15 is 0 Å². The molecule has 1 aromatic carbocycles. The molecular formula is C18H21N3O3S. The normalized spacial score (nSPS) is 10.9. The molecule has 0 spiro atoms. The lowest BCUT2D eigenvalue weighted by Gasteiger charge is -2.19. The van der Waals surface area contributed by atoms with Gasteiger partial charge in [-0.25, -0.2) is 14.8 Å². The summed E-state index contributed by atoms with van der Waals surface area (Å²) in [5.74, 6) is -0.342. The highest BCUT2D eigenvalue weighted by molar-refractivity contribution is 7.13. The fraction of sp³-hybridized carbons (Fsp3) is 0.333. The Kier molecular flexibility index (Phi) is 5.69. The molecule has 0 aliphatic rings. The molecule has 0 atom stereocenters. The van der Waals surface area contributed by atoms with Crippen molar-refractivity contribution < 1.29 is 14.3 Å². The first-order valence-corrected chi connectivity index (χ1v) is 8.64. The molecule has 0 fully saturated rings. The summed E-state index contributed by atoms with van der Waals surface area (Å²) < 4.78 is 5.21. The molecule has 2 aromatic rings. The lowest BCUT2D eigenvalue weighted by Crippen LogP contribution is -2.27. The van der Waals surface area contributed by atoms with Crippen LogP contribution in [0.1, 0.15) is 45.1 Å². The number of amides is 2. The molecule has 1 N–H and O–H groups in total. The van der Waals surface area contributed by atoms with Gasteiger partial charge < -0.3 is 4.74 Å². The monoisotopic (exact) mass is 359 g/mol. The van der Waals surface area contributed by atoms with Crippen LogP contribution in [0.2, 0.25) is 0 Å². The first-order valence-electron chi connectivity index (χ1n) is 7.76. The van der Waals surface area contributed by atoms with E-state index in [-0.39, 0.29) is 5.91 Å². The largest absolute Gasteiger partial charge is 0.444 e. The number of aliphatic imine (C=N–C) groups is 1. The van der Waals surface area contributed by atoms with Crippen molar-refractivity contribution in [1.29, 1.82) is 0 Å². The van der Waals surface area contributed by atoms with Crippen LogP contribution in [-0.2, 0) is 4.74 Å². The standard InChI is InChI=1S/C18H21N3O3S/c1-11(2)19-15(22)14-10-25-16(21-14)12-6-8-13(9-7-12)20-17(23)24-18(3,4)5/h6-10H,1-5H3,(H,20,23). The molecule has 0 unspecified atom stereocenters. The maximum Gasteiger partial charge on any atom is 0.412 e. The van der Waals surface area contributed by atoms with Crippen LogP contribution >= 0.6 is 11.3 Å². The van der Waals surface area contributed by atoms with Crippen LogP contribution in [0.3, 0.4) is 0 Å². The van der Waals surface area contributed by atoms with Gasteiger partial charge in [-0.15, -0.1) is 11.3 Å². The molecule has 0 bridgehead atoms. The molecule has 1 aromatic heterocycles. The molecule has 25 heavy (non-hydrogen) atoms. The average molecular weight is 359 g/mol. The van der Waals surface area contributed by atoms with Crippen molar-refractivity contribution in [3.63, 3.8) is 0 Å². The molecule has 6 nitrogen and oxygen atoms in total. The third-order valence-corrected chi connectivity index (χ3v) is 3.72. The predicted octanol–water partition coefficient (Wildman–Crippen LogP) is 4.78. The first kappa shape index (κ1) is 18.8. The van der Waals surface area contributed by atoms with Gasteiger partial charge in [-0.3, -0.25) is 10.1 Å². The molecule has 0 radical (unpaired) electrons. The van der Waals surface area contributed by atoms with Crippen molar-refractivity contribution in [2.75, 3.05) is 5.32 Å². The predicted molar refractivity (Wildman–Crippen MR) is 101 cm³/mol. The number of nitrogens with zero attached hydrogens (tertiary/aromatic N) is 2. The zero-order valence-electron chi connectivity index (χ0n) is 14.9. The maximum atomic E-state index is 11.9. The van der Waals surface area contributed by atoms with Crippen molar-refractivity contribution in [3.8, 4) is 10.6 Å². The maximum absolute atomic E-state index is 11.9. The molecule has 0 saturated heterocycles. The van der Waals surface area contributed by atoms with Gasteiger partial charge in [0.2, 0.25) is 0 Å². The van der Waals surface area contributed by atoms with Gasteiger partial charge in [-0.1, -0.05) is 0 Å². The highest BCUT2D eigenvalue weighted by Crippen LogP contribution is 2.25. The van der Waals surface area contributed by atoms with E-state index in [0.29, 0.717) is 17.1 Å². The van der Waals surface area contributed by atoms with Gasteiger partial charge in [0.15, 0.2) is 0 Å². The summed E-state index contributed by atoms with van der Waals surface area (Å²) in [6.07, 6.45) is -0.504. The van der Waals surface area contributed by atoms with E-state index in [9.17, 15) is 9.59 Å². The van der Waals surface area contributed by atoms with Crippen molar-refractivity contribution >= 4 is 34.7 Å². The van der Waals surface area contributed by atoms with Crippen LogP contribution in [0.5, 0.6) is 0 Å². The van der Waals surface area contributed by atoms with Gasteiger partial charge >= 0.3 is 6.09 Å². The van der Waals surface area contributed by atoms with Crippen LogP contribution in [0.15, 0.2) is 34.6 Å². The topological polar surface area (TPSA) is 80.7 Å². The van der Waals surface area contributed by atoms with E-state index in [2.05, 4.69) is 15.3 Å². The molecule has 0 saturated carbocycles. The number of benzene rings is 1. The van der Waals surface area contributed by atoms with Crippen molar-refractivity contribution in [2.24, 2.45) is 4.99 Å². The number of anilines is 1. The average Bonchev–Trinajstić information content (AvgIpc) is 2.95. The molecule has 0 aliphatic carbocycles. The van der Waals surface area contributed by atoms with E-state index in [0.717, 1.165) is 10.6 Å². The number of carbonyl (C=O) groups is 2. The Morgan fingerprint density at radius 1 is 1.16 bits per heavy atom. The van der Waals surface area contributed by atoms with Crippen molar-refractivity contribution in [3.05, 3.63) is 35.3 Å². The van der Waals surface area contributed by atoms with E-state index in [4.69, 9.17) is 4.74 Å². The number of ether oxygens (including phenoxy) is 1. The van der Waals surface area contributed by atoms with Crippen molar-refractivity contribution in [1.82, 2.24) is 4.98 Å². The fourth-order valence-corrected chi connectivity index (χ4v) is 2.68. The summed E-state index contributed by atoms with van der Waals surface area (Å²) in [5.41, 5.74) is 1.95. The van der Waals surface area contributed by atoms with Crippen LogP contribution in [-0.4, -0.2) is 28.3 Å². The second-order valence-electron chi connectivity index (χ2n) is 6.61. The van der Waals surface area contributed by atoms with E-state index in [1.165, 1.54) is 11.3 Å². The Morgan fingerprint density at radius 2 is 1.80 bits per heavy atom. The number of carbonyl (C=O) groups excluding carboxylic acids is 2. The van der Waals surface area contributed by atoms with Gasteiger partial charge in [0.05, 0.1) is 0 Å². The molecule has 2 amide bonds. The quantitative estimate of drug-likeness (QED) is 0.800. The molecular weight excluding hydrogens is 338 g/mol. The van der Waals surface area contributed by atoms with Gasteiger partial charge in [0, 0.05) is 22.3 Å². The smallest absolute Gasteiger partial charge is 0.412 e. The minimum absolute atomic E-state index is 0.331. The number of hydrogen-bond donors (Lipinski definition) is 1. The lowest BCUT2D eigenvalue weighted by molar-refractivity contribution is 0.0635. The second kappa shape index (κ2) is 7.57. The molecule has 132 valence electrons.